The van der Waals surface area contributed by atoms with Crippen molar-refractivity contribution in [2.24, 2.45) is 11.8 Å². The number of fused-ring (bicyclic) bond motifs is 9. The van der Waals surface area contributed by atoms with Gasteiger partial charge in [0.15, 0.2) is 5.89 Å². The Labute approximate surface area is 251 Å². The molecule has 1 aromatic heterocycles. The number of hydrogen-bond donors (Lipinski definition) is 0. The summed E-state index contributed by atoms with van der Waals surface area (Å²) >= 11 is 2.25. The minimum absolute atomic E-state index is 0.00278. The molecule has 9 atom stereocenters. The van der Waals surface area contributed by atoms with Crippen molar-refractivity contribution >= 4 is 28.6 Å². The predicted octanol–water partition coefficient (Wildman–Crippen LogP) is 6.55. The van der Waals surface area contributed by atoms with Gasteiger partial charge in [0.2, 0.25) is 6.29 Å². The Balaban J connectivity index is 1.37. The third-order valence-corrected chi connectivity index (χ3v) is 9.59. The molecular weight excluding hydrogens is 625 g/mol. The van der Waals surface area contributed by atoms with Crippen LogP contribution in [0.4, 0.5) is 0 Å². The zero-order valence-electron chi connectivity index (χ0n) is 23.8. The number of carbonyl (C=O) groups excluding carboxylic acids is 1. The fourth-order valence-electron chi connectivity index (χ4n) is 6.50. The van der Waals surface area contributed by atoms with E-state index >= 15 is 0 Å². The van der Waals surface area contributed by atoms with Gasteiger partial charge in [0, 0.05) is 30.8 Å². The molecule has 8 nitrogen and oxygen atoms in total. The molecule has 220 valence electrons. The first-order valence-corrected chi connectivity index (χ1v) is 15.9. The Bertz CT molecular complexity index is 1100. The number of rotatable bonds is 1. The largest absolute Gasteiger partial charge is 0.458 e. The maximum Gasteiger partial charge on any atom is 0.330 e. The van der Waals surface area contributed by atoms with Crippen LogP contribution in [0.5, 0.6) is 0 Å². The van der Waals surface area contributed by atoms with Crippen molar-refractivity contribution in [1.29, 1.82) is 0 Å². The number of oxazole rings is 1. The quantitative estimate of drug-likeness (QED) is 0.190. The van der Waals surface area contributed by atoms with Gasteiger partial charge >= 0.3 is 5.97 Å². The zero-order chi connectivity index (χ0) is 28.2. The Kier molecular flexibility index (Phi) is 10.2. The van der Waals surface area contributed by atoms with Crippen LogP contribution in [-0.2, 0) is 34.9 Å². The van der Waals surface area contributed by atoms with E-state index in [0.29, 0.717) is 31.0 Å². The summed E-state index contributed by atoms with van der Waals surface area (Å²) in [7, 11) is 0. The maximum atomic E-state index is 13.0. The summed E-state index contributed by atoms with van der Waals surface area (Å²) in [6.45, 7) is 11.2. The van der Waals surface area contributed by atoms with Gasteiger partial charge in [-0.05, 0) is 55.1 Å². The van der Waals surface area contributed by atoms with Crippen molar-refractivity contribution in [3.63, 3.8) is 0 Å². The molecule has 3 saturated heterocycles. The van der Waals surface area contributed by atoms with Crippen LogP contribution in [0.1, 0.15) is 83.6 Å². The van der Waals surface area contributed by atoms with Crippen LogP contribution < -0.4 is 0 Å². The lowest BCUT2D eigenvalue weighted by atomic mass is 9.79. The second-order valence-corrected chi connectivity index (χ2v) is 12.4. The van der Waals surface area contributed by atoms with E-state index in [1.165, 1.54) is 5.57 Å². The van der Waals surface area contributed by atoms with Crippen LogP contribution in [0.25, 0.3) is 0 Å². The van der Waals surface area contributed by atoms with Crippen molar-refractivity contribution < 1.29 is 32.9 Å². The summed E-state index contributed by atoms with van der Waals surface area (Å²) in [5.74, 6) is 0.433. The summed E-state index contributed by atoms with van der Waals surface area (Å²) in [6.07, 6.45) is 10.3. The van der Waals surface area contributed by atoms with Crippen molar-refractivity contribution in [3.05, 3.63) is 51.8 Å². The maximum absolute atomic E-state index is 13.0. The highest BCUT2D eigenvalue weighted by atomic mass is 127. The molecule has 3 fully saturated rings. The van der Waals surface area contributed by atoms with Gasteiger partial charge < -0.3 is 28.1 Å². The normalized spacial score (nSPS) is 39.1. The second-order valence-electron chi connectivity index (χ2n) is 11.8. The topological polar surface area (TPSA) is 89.3 Å². The van der Waals surface area contributed by atoms with Crippen molar-refractivity contribution in [2.75, 3.05) is 6.61 Å². The van der Waals surface area contributed by atoms with Crippen molar-refractivity contribution in [2.45, 2.75) is 115 Å². The summed E-state index contributed by atoms with van der Waals surface area (Å²) in [5.41, 5.74) is 2.98. The molecule has 4 aliphatic heterocycles. The Morgan fingerprint density at radius 3 is 2.75 bits per heavy atom. The lowest BCUT2D eigenvalue weighted by Gasteiger charge is -2.44. The van der Waals surface area contributed by atoms with Gasteiger partial charge in [0.25, 0.3) is 0 Å². The van der Waals surface area contributed by atoms with E-state index in [0.717, 1.165) is 44.1 Å². The molecule has 0 radical (unpaired) electrons. The molecule has 5 heterocycles. The van der Waals surface area contributed by atoms with Gasteiger partial charge in [-0.1, -0.05) is 54.7 Å². The molecule has 0 N–H and O–H groups in total. The SMILES string of the molecule is C=C1C[C@@H]2C[C@@H]3CCO[C@@H](O3)c3coc(n3)CCC[C@H]3O[C@@H](/C(C)=C/I)[C@H](C)[C@@H](OC(=O)/C=C/C[C@@H](C1)O2)[C@H]3C. The first-order valence-electron chi connectivity index (χ1n) is 14.6. The summed E-state index contributed by atoms with van der Waals surface area (Å²) in [5, 5.41) is 0. The fraction of sp³-hybridized carbons (Fsp3) is 0.677. The summed E-state index contributed by atoms with van der Waals surface area (Å²) in [4.78, 5) is 17.7. The third-order valence-electron chi connectivity index (χ3n) is 8.61. The standard InChI is InChI=1S/C31H42INO7/c1-18-13-22-7-5-10-28(34)40-30-20(3)26(39-29(21(30)4)19(2)16-32)8-6-9-27-33-25(17-36-27)31-35-12-11-23(38-31)15-24(14-18)37-22/h5,10,16-17,20-24,26,29-31H,1,6-9,11-15H2,2-4H3/b10-5+,19-16+/t20-,21-,22-,23-,24+,26+,29-,30-,31-/m0/s1. The Morgan fingerprint density at radius 2 is 1.93 bits per heavy atom. The van der Waals surface area contributed by atoms with Gasteiger partial charge in [0.05, 0.1) is 37.1 Å². The molecule has 5 rings (SSSR count). The molecule has 0 spiro atoms. The smallest absolute Gasteiger partial charge is 0.330 e. The van der Waals surface area contributed by atoms with E-state index in [1.54, 1.807) is 12.3 Å². The molecular formula is C31H42INO7. The molecule has 0 aliphatic carbocycles. The van der Waals surface area contributed by atoms with Gasteiger partial charge in [0.1, 0.15) is 18.1 Å². The van der Waals surface area contributed by atoms with Crippen LogP contribution in [0.2, 0.25) is 0 Å². The zero-order valence-corrected chi connectivity index (χ0v) is 25.9. The molecule has 0 amide bonds. The van der Waals surface area contributed by atoms with Crippen LogP contribution in [-0.4, -0.2) is 54.2 Å². The minimum atomic E-state index is -0.535. The lowest BCUT2D eigenvalue weighted by molar-refractivity contribution is -0.227. The number of hydrogen-bond acceptors (Lipinski definition) is 8. The second kappa shape index (κ2) is 13.6. The lowest BCUT2D eigenvalue weighted by Crippen LogP contribution is -2.51. The molecule has 8 bridgehead atoms. The number of nitrogens with zero attached hydrogens (tertiary/aromatic N) is 1. The number of carbonyl (C=O) groups is 1. The molecule has 9 heteroatoms. The van der Waals surface area contributed by atoms with Crippen molar-refractivity contribution in [3.8, 4) is 0 Å². The Hall–Kier alpha value is -1.53. The van der Waals surface area contributed by atoms with E-state index in [1.807, 2.05) is 6.08 Å². The minimum Gasteiger partial charge on any atom is -0.458 e. The van der Waals surface area contributed by atoms with E-state index in [2.05, 4.69) is 54.0 Å². The number of ether oxygens (including phenoxy) is 5. The van der Waals surface area contributed by atoms with E-state index < -0.39 is 6.29 Å². The van der Waals surface area contributed by atoms with Gasteiger partial charge in [-0.3, -0.25) is 0 Å². The highest BCUT2D eigenvalue weighted by Crippen LogP contribution is 2.38. The number of halogens is 1. The predicted molar refractivity (Wildman–Crippen MR) is 158 cm³/mol. The van der Waals surface area contributed by atoms with Crippen LogP contribution in [0.3, 0.4) is 0 Å². The molecule has 40 heavy (non-hydrogen) atoms. The Morgan fingerprint density at radius 1 is 1.10 bits per heavy atom. The highest BCUT2D eigenvalue weighted by molar-refractivity contribution is 14.1. The molecule has 1 aromatic rings. The molecule has 0 saturated carbocycles. The summed E-state index contributed by atoms with van der Waals surface area (Å²) < 4.78 is 39.2. The first-order chi connectivity index (χ1) is 19.3. The number of esters is 1. The summed E-state index contributed by atoms with van der Waals surface area (Å²) in [6, 6.07) is 0. The fourth-order valence-corrected chi connectivity index (χ4v) is 6.86. The van der Waals surface area contributed by atoms with E-state index in [4.69, 9.17) is 33.1 Å². The van der Waals surface area contributed by atoms with Crippen LogP contribution >= 0.6 is 22.6 Å². The van der Waals surface area contributed by atoms with Crippen molar-refractivity contribution in [1.82, 2.24) is 4.98 Å². The van der Waals surface area contributed by atoms with E-state index in [-0.39, 0.29) is 54.4 Å². The number of aryl methyl sites for hydroxylation is 1. The first kappa shape index (κ1) is 29.9. The van der Waals surface area contributed by atoms with Crippen LogP contribution in [0, 0.1) is 11.8 Å². The highest BCUT2D eigenvalue weighted by Gasteiger charge is 2.43. The molecule has 0 unspecified atom stereocenters. The third kappa shape index (κ3) is 7.27. The molecule has 4 aliphatic rings. The van der Waals surface area contributed by atoms with Gasteiger partial charge in [-0.15, -0.1) is 0 Å². The van der Waals surface area contributed by atoms with E-state index in [9.17, 15) is 4.79 Å². The average Bonchev–Trinajstić information content (AvgIpc) is 3.40. The average molecular weight is 668 g/mol. The molecule has 0 aromatic carbocycles. The monoisotopic (exact) mass is 667 g/mol. The van der Waals surface area contributed by atoms with Gasteiger partial charge in [-0.25, -0.2) is 9.78 Å². The van der Waals surface area contributed by atoms with Crippen LogP contribution in [0.15, 0.2) is 44.6 Å². The number of aromatic nitrogens is 1. The van der Waals surface area contributed by atoms with Gasteiger partial charge in [-0.2, -0.15) is 0 Å².